The third-order valence-electron chi connectivity index (χ3n) is 9.22. The fourth-order valence-electron chi connectivity index (χ4n) is 5.40. The molecule has 0 radical (unpaired) electrons. The van der Waals surface area contributed by atoms with Crippen LogP contribution in [0.3, 0.4) is 0 Å². The fraction of sp³-hybridized carbons (Fsp3) is 0.222. The first-order valence-electron chi connectivity index (χ1n) is 20.1. The van der Waals surface area contributed by atoms with Crippen molar-refractivity contribution in [3.05, 3.63) is 114 Å². The third-order valence-corrected chi connectivity index (χ3v) is 22.3. The Labute approximate surface area is 610 Å². The van der Waals surface area contributed by atoms with Crippen LogP contribution in [0.25, 0.3) is 50.9 Å². The molecule has 496 valence electrons. The van der Waals surface area contributed by atoms with Gasteiger partial charge in [-0.2, -0.15) is 87.8 Å². The first kappa shape index (κ1) is 93.0. The molecule has 4 aromatic rings. The van der Waals surface area contributed by atoms with Gasteiger partial charge in [0.25, 0.3) is 0 Å². The quantitative estimate of drug-likeness (QED) is 0.0548. The molecular formula is C36H18Br2F20N4Na4O18S8. The normalized spacial score (nSPS) is 13.7. The molecule has 22 nitrogen and oxygen atoms in total. The number of ether oxygens (including phenoxy) is 2. The summed E-state index contributed by atoms with van der Waals surface area (Å²) in [5.41, 5.74) is -29.0. The number of halogens is 22. The number of rotatable bonds is 22. The summed E-state index contributed by atoms with van der Waals surface area (Å²) in [4.78, 5) is -17.6. The molecule has 0 N–H and O–H groups in total. The smallest absolute Gasteiger partial charge is 0.426 e. The average Bonchev–Trinajstić information content (AvgIpc) is 0.778. The summed E-state index contributed by atoms with van der Waals surface area (Å²) in [7, 11) is -51.6. The molecule has 0 aliphatic rings. The first-order valence-corrected chi connectivity index (χ1v) is 33.2. The molecule has 56 heteroatoms. The van der Waals surface area contributed by atoms with Crippen molar-refractivity contribution in [2.75, 3.05) is 0 Å². The Bertz CT molecular complexity index is 4120. The van der Waals surface area contributed by atoms with Crippen molar-refractivity contribution in [2.45, 2.75) is 63.5 Å². The van der Waals surface area contributed by atoms with Crippen molar-refractivity contribution in [3.8, 4) is 33.8 Å². The molecule has 0 saturated carbocycles. The number of nitrogens with zero attached hydrogens (tertiary/aromatic N) is 4. The van der Waals surface area contributed by atoms with Gasteiger partial charge in [0, 0.05) is 31.9 Å². The van der Waals surface area contributed by atoms with Crippen LogP contribution >= 0.6 is 31.9 Å². The molecule has 0 aliphatic heterocycles. The Morgan fingerprint density at radius 1 is 0.326 bits per heavy atom. The fourth-order valence-corrected chi connectivity index (χ4v) is 15.1. The summed E-state index contributed by atoms with van der Waals surface area (Å²) in [6.07, 6.45) is -10.00. The minimum absolute atomic E-state index is 0. The summed E-state index contributed by atoms with van der Waals surface area (Å²) in [6, 6.07) is 4.71. The molecule has 0 unspecified atom stereocenters. The van der Waals surface area contributed by atoms with Crippen LogP contribution in [-0.4, -0.2) is 111 Å². The van der Waals surface area contributed by atoms with E-state index in [1.54, 1.807) is 0 Å². The van der Waals surface area contributed by atoms with Gasteiger partial charge in [-0.3, -0.25) is 0 Å². The Kier molecular flexibility index (Phi) is 31.6. The third kappa shape index (κ3) is 22.5. The van der Waals surface area contributed by atoms with Crippen LogP contribution in [0.1, 0.15) is 11.1 Å². The molecule has 0 bridgehead atoms. The Hall–Kier alpha value is -1.04. The van der Waals surface area contributed by atoms with Crippen molar-refractivity contribution in [1.82, 2.24) is 0 Å². The van der Waals surface area contributed by atoms with Gasteiger partial charge >= 0.3 is 162 Å². The number of alkyl halides is 22. The largest absolute Gasteiger partial charge is 1.00 e. The van der Waals surface area contributed by atoms with E-state index in [-0.39, 0.29) is 166 Å². The van der Waals surface area contributed by atoms with Crippen LogP contribution in [-0.2, 0) is 80.2 Å². The van der Waals surface area contributed by atoms with Crippen LogP contribution < -0.4 is 128 Å². The summed E-state index contributed by atoms with van der Waals surface area (Å²) in [6.45, 7) is 6.49. The molecule has 0 saturated heterocycles. The van der Waals surface area contributed by atoms with E-state index in [1.165, 1.54) is 8.25 Å². The zero-order chi connectivity index (χ0) is 69.1. The molecule has 0 heterocycles. The van der Waals surface area contributed by atoms with Gasteiger partial charge in [-0.05, 0) is 69.8 Å². The predicted octanol–water partition coefficient (Wildman–Crippen LogP) is -0.424. The van der Waals surface area contributed by atoms with E-state index in [0.717, 1.165) is 68.3 Å². The van der Waals surface area contributed by atoms with Gasteiger partial charge in [-0.1, -0.05) is 61.7 Å². The number of hydrogen-bond donors (Lipinski definition) is 0. The van der Waals surface area contributed by atoms with Crippen molar-refractivity contribution < 1.29 is 283 Å². The monoisotopic (exact) mass is 1680 g/mol. The second-order valence-corrected chi connectivity index (χ2v) is 30.9. The Morgan fingerprint density at radius 2 is 0.511 bits per heavy atom. The summed E-state index contributed by atoms with van der Waals surface area (Å²) in [5.74, 6) is -4.23. The molecule has 0 fully saturated rings. The van der Waals surface area contributed by atoms with Crippen LogP contribution in [0.2, 0.25) is 0 Å². The van der Waals surface area contributed by atoms with E-state index in [0.29, 0.717) is 12.1 Å². The van der Waals surface area contributed by atoms with E-state index in [4.69, 9.17) is 0 Å². The molecule has 4 rings (SSSR count). The minimum atomic E-state index is -7.12. The number of benzene rings is 4. The van der Waals surface area contributed by atoms with Crippen LogP contribution in [0, 0.1) is 0 Å². The Balaban J connectivity index is 0. The van der Waals surface area contributed by atoms with E-state index in [1.807, 2.05) is 8.25 Å². The maximum absolute atomic E-state index is 13.9. The topological polar surface area (TPSA) is 348 Å². The van der Waals surface area contributed by atoms with Crippen LogP contribution in [0.5, 0.6) is 11.5 Å². The van der Waals surface area contributed by atoms with Crippen molar-refractivity contribution in [2.24, 2.45) is 0 Å². The van der Waals surface area contributed by atoms with E-state index >= 15 is 0 Å². The summed E-state index contributed by atoms with van der Waals surface area (Å²) in [5, 5.41) is 0. The average molecular weight is 1680 g/mol. The van der Waals surface area contributed by atoms with Crippen LogP contribution in [0.4, 0.5) is 87.8 Å². The summed E-state index contributed by atoms with van der Waals surface area (Å²) >= 11 is 2.28. The van der Waals surface area contributed by atoms with Crippen LogP contribution in [0.15, 0.2) is 106 Å². The van der Waals surface area contributed by atoms with E-state index in [2.05, 4.69) is 22.6 Å². The minimum Gasteiger partial charge on any atom is -0.426 e. The van der Waals surface area contributed by atoms with Gasteiger partial charge in [0.05, 0.1) is 19.6 Å². The maximum atomic E-state index is 13.9. The van der Waals surface area contributed by atoms with Gasteiger partial charge in [-0.15, -0.1) is 0 Å². The van der Waals surface area contributed by atoms with Crippen molar-refractivity contribution in [3.63, 3.8) is 0 Å². The number of hydrogen-bond acceptors (Lipinski definition) is 18. The zero-order valence-corrected chi connectivity index (χ0v) is 61.9. The maximum Gasteiger partial charge on any atom is 1.00 e. The molecule has 0 amide bonds. The predicted molar refractivity (Wildman–Crippen MR) is 265 cm³/mol. The zero-order valence-electron chi connectivity index (χ0n) is 44.2. The molecular weight excluding hydrogens is 1660 g/mol. The second-order valence-electron chi connectivity index (χ2n) is 15.4. The first-order chi connectivity index (χ1) is 38.8. The molecule has 0 aromatic heterocycles. The summed E-state index contributed by atoms with van der Waals surface area (Å²) < 4.78 is 467. The van der Waals surface area contributed by atoms with Crippen molar-refractivity contribution >= 4 is 124 Å². The van der Waals surface area contributed by atoms with Gasteiger partial charge in [0.1, 0.15) is 51.6 Å². The van der Waals surface area contributed by atoms with E-state index in [9.17, 15) is 155 Å². The standard InChI is InChI=1S/C18H6Br2F14N2O10S4.C18H12F6N2O8S4.4Na/c19-13(21,22)15(25,26)45-9-3-1-7(5-11(9)47(37,38)35-49(41,42)17(29,30)31)8-2-4-10(46-16(27,28)14(20,23)24)12(6-8)48(39,40)36-50(43,44)18(32,33)34;1-3-11-5-7-13(9-15(11)35(27,28)25-37(31,32)17(19,20)21)14-8-6-12(4-2)16(10-14)36(29,30)26-38(33,34)18(22,23)24;;;;/h1-6H;3-10H,1-2H2;;;;/q2*-2;4*+1. The van der Waals surface area contributed by atoms with Gasteiger partial charge < -0.3 is 26.0 Å². The van der Waals surface area contributed by atoms with Gasteiger partial charge in [0.2, 0.25) is 0 Å². The molecule has 92 heavy (non-hydrogen) atoms. The van der Waals surface area contributed by atoms with Crippen molar-refractivity contribution in [1.29, 1.82) is 0 Å². The van der Waals surface area contributed by atoms with E-state index < -0.39 is 177 Å². The number of sulfonamides is 8. The SMILES string of the molecule is C=Cc1ccc(-c2ccc(C=C)c(S(=O)(=O)[N-]S(=O)(=O)C(F)(F)F)c2)cc1S(=O)(=O)[N-]S(=O)(=O)C(F)(F)F.O=S(=O)([N-]S(=O)(=O)C(F)(F)F)c1cc(-c2ccc(OC(F)(F)C(F)(F)Br)c(S(=O)(=O)[N-]S(=O)(=O)C(F)(F)F)c2)ccc1OC(F)(F)C(F)(F)Br.[Na+].[Na+].[Na+].[Na+]. The molecule has 0 atom stereocenters. The Morgan fingerprint density at radius 3 is 0.696 bits per heavy atom. The molecule has 4 aromatic carbocycles. The second kappa shape index (κ2) is 31.2. The van der Waals surface area contributed by atoms with Gasteiger partial charge in [0.15, 0.2) is 40.1 Å². The molecule has 0 spiro atoms. The van der Waals surface area contributed by atoms with Gasteiger partial charge in [-0.25, -0.2) is 67.3 Å². The molecule has 0 aliphatic carbocycles.